The Kier molecular flexibility index (Phi) is 7.38. The fraction of sp³-hybridized carbons (Fsp3) is 0.765. The molecule has 4 heterocycles. The van der Waals surface area contributed by atoms with Crippen molar-refractivity contribution in [2.75, 3.05) is 74.9 Å². The topological polar surface area (TPSA) is 93.8 Å². The van der Waals surface area contributed by atoms with Crippen molar-refractivity contribution in [1.82, 2.24) is 20.2 Å². The number of nitrogens with one attached hydrogen (secondary N) is 1. The van der Waals surface area contributed by atoms with Crippen molar-refractivity contribution >= 4 is 42.4 Å². The van der Waals surface area contributed by atoms with Gasteiger partial charge in [-0.3, -0.25) is 0 Å². The van der Waals surface area contributed by atoms with Gasteiger partial charge in [0.05, 0.1) is 5.60 Å². The fourth-order valence-corrected chi connectivity index (χ4v) is 4.23. The third-order valence-corrected chi connectivity index (χ3v) is 6.01. The molecule has 27 heavy (non-hydrogen) atoms. The van der Waals surface area contributed by atoms with E-state index in [-0.39, 0.29) is 30.7 Å². The van der Waals surface area contributed by atoms with E-state index in [9.17, 15) is 5.11 Å². The Balaban J connectivity index is 0.00000131. The third kappa shape index (κ3) is 4.68. The third-order valence-electron chi connectivity index (χ3n) is 6.01. The van der Waals surface area contributed by atoms with Gasteiger partial charge in [-0.2, -0.15) is 9.97 Å². The predicted octanol–water partition coefficient (Wildman–Crippen LogP) is 0.205. The minimum atomic E-state index is -0.527. The SMILES string of the molecule is CN1CCN(c2cc(N3CC[C@@]4(O)CCNC[C@H]4C3)nc(N)n2)CC1.Cl.Cl. The lowest BCUT2D eigenvalue weighted by Gasteiger charge is -2.48. The number of nitrogen functional groups attached to an aromatic ring is 1. The van der Waals surface area contributed by atoms with Crippen LogP contribution >= 0.6 is 24.8 Å². The number of nitrogens with zero attached hydrogens (tertiary/aromatic N) is 5. The van der Waals surface area contributed by atoms with E-state index in [1.807, 2.05) is 0 Å². The van der Waals surface area contributed by atoms with Gasteiger partial charge in [-0.15, -0.1) is 24.8 Å². The monoisotopic (exact) mass is 419 g/mol. The number of hydrogen-bond donors (Lipinski definition) is 3. The number of piperazine rings is 1. The van der Waals surface area contributed by atoms with Gasteiger partial charge in [0.1, 0.15) is 11.6 Å². The Bertz CT molecular complexity index is 629. The minimum absolute atomic E-state index is 0. The van der Waals surface area contributed by atoms with Crippen LogP contribution in [0.5, 0.6) is 0 Å². The summed E-state index contributed by atoms with van der Waals surface area (Å²) in [4.78, 5) is 15.8. The van der Waals surface area contributed by atoms with Crippen LogP contribution in [0.3, 0.4) is 0 Å². The van der Waals surface area contributed by atoms with E-state index in [0.717, 1.165) is 76.8 Å². The van der Waals surface area contributed by atoms with Crippen molar-refractivity contribution in [3.63, 3.8) is 0 Å². The number of anilines is 3. The average Bonchev–Trinajstić information content (AvgIpc) is 2.61. The summed E-state index contributed by atoms with van der Waals surface area (Å²) in [5.74, 6) is 2.36. The molecule has 0 radical (unpaired) electrons. The molecular formula is C17H31Cl2N7O. The fourth-order valence-electron chi connectivity index (χ4n) is 4.23. The van der Waals surface area contributed by atoms with Crippen LogP contribution in [0, 0.1) is 5.92 Å². The standard InChI is InChI=1S/C17H29N7O.2ClH/c1-22-6-8-23(9-7-22)14-10-15(21-16(18)20-14)24-5-3-17(25)2-4-19-11-13(17)12-24;;/h10,13,19,25H,2-9,11-12H2,1H3,(H2,18,20,21);2*1H/t13-,17-;;/m0../s1. The van der Waals surface area contributed by atoms with Crippen molar-refractivity contribution in [3.05, 3.63) is 6.07 Å². The number of fused-ring (bicyclic) bond motifs is 1. The first-order valence-electron chi connectivity index (χ1n) is 9.30. The second-order valence-corrected chi connectivity index (χ2v) is 7.68. The van der Waals surface area contributed by atoms with Crippen LogP contribution in [0.2, 0.25) is 0 Å². The quantitative estimate of drug-likeness (QED) is 0.625. The highest BCUT2D eigenvalue weighted by molar-refractivity contribution is 5.85. The molecule has 10 heteroatoms. The first-order valence-corrected chi connectivity index (χ1v) is 9.30. The van der Waals surface area contributed by atoms with Crippen molar-refractivity contribution in [3.8, 4) is 0 Å². The second-order valence-electron chi connectivity index (χ2n) is 7.68. The molecule has 0 saturated carbocycles. The van der Waals surface area contributed by atoms with Crippen LogP contribution in [0.15, 0.2) is 6.07 Å². The molecule has 8 nitrogen and oxygen atoms in total. The van der Waals surface area contributed by atoms with Gasteiger partial charge < -0.3 is 30.9 Å². The predicted molar refractivity (Wildman–Crippen MR) is 113 cm³/mol. The van der Waals surface area contributed by atoms with Gasteiger partial charge in [-0.25, -0.2) is 0 Å². The lowest BCUT2D eigenvalue weighted by atomic mass is 9.76. The Hall–Kier alpha value is -1.06. The molecule has 0 aliphatic carbocycles. The van der Waals surface area contributed by atoms with Gasteiger partial charge >= 0.3 is 0 Å². The number of likely N-dealkylation sites (N-methyl/N-ethyl adjacent to an activating group) is 1. The number of halogens is 2. The summed E-state index contributed by atoms with van der Waals surface area (Å²) < 4.78 is 0. The summed E-state index contributed by atoms with van der Waals surface area (Å²) in [5, 5.41) is 14.3. The number of rotatable bonds is 2. The summed E-state index contributed by atoms with van der Waals surface area (Å²) >= 11 is 0. The highest BCUT2D eigenvalue weighted by atomic mass is 35.5. The molecule has 4 rings (SSSR count). The van der Waals surface area contributed by atoms with Gasteiger partial charge in [0.2, 0.25) is 5.95 Å². The van der Waals surface area contributed by atoms with Crippen LogP contribution in [0.4, 0.5) is 17.6 Å². The van der Waals surface area contributed by atoms with Crippen molar-refractivity contribution in [1.29, 1.82) is 0 Å². The number of aliphatic hydroxyl groups is 1. The number of piperidine rings is 2. The van der Waals surface area contributed by atoms with Crippen molar-refractivity contribution < 1.29 is 5.11 Å². The van der Waals surface area contributed by atoms with Crippen LogP contribution < -0.4 is 20.9 Å². The highest BCUT2D eigenvalue weighted by Gasteiger charge is 2.43. The molecule has 3 fully saturated rings. The summed E-state index contributed by atoms with van der Waals surface area (Å²) in [6.45, 7) is 7.36. The van der Waals surface area contributed by atoms with Crippen LogP contribution in [0.25, 0.3) is 0 Å². The minimum Gasteiger partial charge on any atom is -0.389 e. The smallest absolute Gasteiger partial charge is 0.223 e. The summed E-state index contributed by atoms with van der Waals surface area (Å²) in [6, 6.07) is 2.06. The van der Waals surface area contributed by atoms with E-state index >= 15 is 0 Å². The average molecular weight is 420 g/mol. The molecule has 154 valence electrons. The first kappa shape index (κ1) is 22.2. The maximum Gasteiger partial charge on any atom is 0.223 e. The normalized spacial score (nSPS) is 28.7. The van der Waals surface area contributed by atoms with Crippen LogP contribution in [-0.2, 0) is 0 Å². The van der Waals surface area contributed by atoms with Gasteiger partial charge in [-0.05, 0) is 26.4 Å². The molecule has 1 aromatic heterocycles. The zero-order valence-electron chi connectivity index (χ0n) is 15.8. The van der Waals surface area contributed by atoms with E-state index in [4.69, 9.17) is 5.73 Å². The molecule has 4 N–H and O–H groups in total. The van der Waals surface area contributed by atoms with E-state index in [2.05, 4.69) is 43.1 Å². The molecule has 0 amide bonds. The molecule has 0 spiro atoms. The molecule has 2 atom stereocenters. The number of aromatic nitrogens is 2. The van der Waals surface area contributed by atoms with Crippen molar-refractivity contribution in [2.24, 2.45) is 5.92 Å². The maximum absolute atomic E-state index is 10.9. The number of nitrogens with two attached hydrogens (primary N) is 1. The van der Waals surface area contributed by atoms with Gasteiger partial charge in [-0.1, -0.05) is 0 Å². The Morgan fingerprint density at radius 1 is 1.07 bits per heavy atom. The maximum atomic E-state index is 10.9. The molecule has 1 aromatic rings. The molecule has 0 unspecified atom stereocenters. The Labute approximate surface area is 173 Å². The molecule has 3 saturated heterocycles. The largest absolute Gasteiger partial charge is 0.389 e. The molecular weight excluding hydrogens is 389 g/mol. The van der Waals surface area contributed by atoms with E-state index in [0.29, 0.717) is 5.95 Å². The zero-order chi connectivity index (χ0) is 17.4. The van der Waals surface area contributed by atoms with Crippen molar-refractivity contribution in [2.45, 2.75) is 18.4 Å². The van der Waals surface area contributed by atoms with Gasteiger partial charge in [0.15, 0.2) is 0 Å². The zero-order valence-corrected chi connectivity index (χ0v) is 17.4. The van der Waals surface area contributed by atoms with E-state index in [1.165, 1.54) is 0 Å². The number of hydrogen-bond acceptors (Lipinski definition) is 8. The molecule has 0 aromatic carbocycles. The summed E-state index contributed by atoms with van der Waals surface area (Å²) in [6.07, 6.45) is 1.62. The van der Waals surface area contributed by atoms with Gasteiger partial charge in [0.25, 0.3) is 0 Å². The summed E-state index contributed by atoms with van der Waals surface area (Å²) in [7, 11) is 2.14. The molecule has 0 bridgehead atoms. The Morgan fingerprint density at radius 3 is 2.44 bits per heavy atom. The second kappa shape index (κ2) is 8.96. The highest BCUT2D eigenvalue weighted by Crippen LogP contribution is 2.35. The Morgan fingerprint density at radius 2 is 1.74 bits per heavy atom. The molecule has 3 aliphatic rings. The van der Waals surface area contributed by atoms with Gasteiger partial charge in [0, 0.05) is 57.8 Å². The van der Waals surface area contributed by atoms with Crippen LogP contribution in [-0.4, -0.2) is 85.0 Å². The van der Waals surface area contributed by atoms with E-state index in [1.54, 1.807) is 0 Å². The lowest BCUT2D eigenvalue weighted by molar-refractivity contribution is -0.0539. The van der Waals surface area contributed by atoms with E-state index < -0.39 is 5.60 Å². The molecule has 3 aliphatic heterocycles. The summed E-state index contributed by atoms with van der Waals surface area (Å²) in [5.41, 5.74) is 5.48. The lowest BCUT2D eigenvalue weighted by Crippen LogP contribution is -2.59. The van der Waals surface area contributed by atoms with Crippen LogP contribution in [0.1, 0.15) is 12.8 Å². The first-order chi connectivity index (χ1) is 12.0.